The Labute approximate surface area is 108 Å². The molecule has 17 heavy (non-hydrogen) atoms. The van der Waals surface area contributed by atoms with Crippen LogP contribution in [-0.4, -0.2) is 48.8 Å². The summed E-state index contributed by atoms with van der Waals surface area (Å²) in [6, 6.07) is 5.08. The minimum absolute atomic E-state index is 0.0345. The van der Waals surface area contributed by atoms with E-state index in [1.807, 2.05) is 0 Å². The molecule has 0 N–H and O–H groups in total. The van der Waals surface area contributed by atoms with E-state index in [1.54, 1.807) is 18.2 Å². The van der Waals surface area contributed by atoms with Crippen molar-refractivity contribution >= 4 is 31.7 Å². The van der Waals surface area contributed by atoms with Gasteiger partial charge in [-0.25, -0.2) is 13.4 Å². The lowest BCUT2D eigenvalue weighted by Crippen LogP contribution is -2.44. The summed E-state index contributed by atoms with van der Waals surface area (Å²) >= 11 is 3.19. The van der Waals surface area contributed by atoms with Crippen molar-refractivity contribution < 1.29 is 13.2 Å². The molecule has 0 radical (unpaired) electrons. The normalized spacial score (nSPS) is 19.0. The number of rotatable bonds is 1. The fraction of sp³-hybridized carbons (Fsp3) is 0.400. The molecule has 0 aliphatic carbocycles. The van der Waals surface area contributed by atoms with Gasteiger partial charge in [0.2, 0.25) is 0 Å². The van der Waals surface area contributed by atoms with Gasteiger partial charge >= 0.3 is 0 Å². The highest BCUT2D eigenvalue weighted by Crippen LogP contribution is 2.11. The zero-order valence-electron chi connectivity index (χ0n) is 8.97. The second-order valence-corrected chi connectivity index (χ2v) is 6.91. The maximum Gasteiger partial charge on any atom is 0.272 e. The van der Waals surface area contributed by atoms with Gasteiger partial charge < -0.3 is 4.90 Å². The van der Waals surface area contributed by atoms with Gasteiger partial charge in [-0.1, -0.05) is 6.07 Å². The topological polar surface area (TPSA) is 67.3 Å². The molecule has 5 nitrogen and oxygen atoms in total. The van der Waals surface area contributed by atoms with Gasteiger partial charge in [0.15, 0.2) is 9.84 Å². The molecule has 0 saturated carbocycles. The number of sulfone groups is 1. The summed E-state index contributed by atoms with van der Waals surface area (Å²) in [6.07, 6.45) is 0. The average Bonchev–Trinajstić information content (AvgIpc) is 2.28. The zero-order chi connectivity index (χ0) is 12.5. The van der Waals surface area contributed by atoms with Crippen LogP contribution < -0.4 is 0 Å². The summed E-state index contributed by atoms with van der Waals surface area (Å²) in [5, 5.41) is 0. The summed E-state index contributed by atoms with van der Waals surface area (Å²) in [6.45, 7) is 0.491. The van der Waals surface area contributed by atoms with Crippen LogP contribution in [-0.2, 0) is 9.84 Å². The number of carbonyl (C=O) groups is 1. The van der Waals surface area contributed by atoms with Gasteiger partial charge in [-0.3, -0.25) is 4.79 Å². The molecule has 0 aromatic carbocycles. The van der Waals surface area contributed by atoms with Crippen LogP contribution in [0.3, 0.4) is 0 Å². The standard InChI is InChI=1S/C10H11BrN2O3S/c11-9-3-1-2-8(12-9)10(14)13-4-6-17(15,16)7-5-13/h1-3H,4-7H2. The highest BCUT2D eigenvalue weighted by atomic mass is 79.9. The molecule has 2 heterocycles. The van der Waals surface area contributed by atoms with Crippen LogP contribution in [0.4, 0.5) is 0 Å². The first-order chi connectivity index (χ1) is 7.98. The predicted octanol–water partition coefficient (Wildman–Crippen LogP) is 0.715. The quantitative estimate of drug-likeness (QED) is 0.715. The first-order valence-electron chi connectivity index (χ1n) is 5.10. The molecule has 1 saturated heterocycles. The molecule has 0 bridgehead atoms. The minimum atomic E-state index is -2.96. The Morgan fingerprint density at radius 2 is 1.94 bits per heavy atom. The van der Waals surface area contributed by atoms with Gasteiger partial charge in [0.25, 0.3) is 5.91 Å². The van der Waals surface area contributed by atoms with Crippen molar-refractivity contribution in [3.63, 3.8) is 0 Å². The van der Waals surface area contributed by atoms with Crippen molar-refractivity contribution in [3.8, 4) is 0 Å². The van der Waals surface area contributed by atoms with E-state index >= 15 is 0 Å². The van der Waals surface area contributed by atoms with Crippen LogP contribution in [0.2, 0.25) is 0 Å². The number of pyridine rings is 1. The molecular formula is C10H11BrN2O3S. The average molecular weight is 319 g/mol. The number of hydrogen-bond donors (Lipinski definition) is 0. The number of halogens is 1. The Kier molecular flexibility index (Phi) is 3.48. The summed E-state index contributed by atoms with van der Waals surface area (Å²) in [4.78, 5) is 17.6. The third-order valence-electron chi connectivity index (χ3n) is 2.57. The summed E-state index contributed by atoms with van der Waals surface area (Å²) in [7, 11) is -2.96. The van der Waals surface area contributed by atoms with Crippen LogP contribution in [0.1, 0.15) is 10.5 Å². The highest BCUT2D eigenvalue weighted by molar-refractivity contribution is 9.10. The largest absolute Gasteiger partial charge is 0.335 e. The summed E-state index contributed by atoms with van der Waals surface area (Å²) < 4.78 is 23.1. The van der Waals surface area contributed by atoms with Crippen molar-refractivity contribution in [2.24, 2.45) is 0 Å². The minimum Gasteiger partial charge on any atom is -0.335 e. The molecule has 1 aliphatic heterocycles. The Morgan fingerprint density at radius 3 is 2.53 bits per heavy atom. The van der Waals surface area contributed by atoms with E-state index in [2.05, 4.69) is 20.9 Å². The van der Waals surface area contributed by atoms with Crippen LogP contribution >= 0.6 is 15.9 Å². The van der Waals surface area contributed by atoms with Gasteiger partial charge in [-0.2, -0.15) is 0 Å². The van der Waals surface area contributed by atoms with E-state index in [0.29, 0.717) is 10.3 Å². The van der Waals surface area contributed by atoms with E-state index in [-0.39, 0.29) is 30.5 Å². The molecule has 1 amide bonds. The third-order valence-corrected chi connectivity index (χ3v) is 4.62. The van der Waals surface area contributed by atoms with Crippen molar-refractivity contribution in [2.75, 3.05) is 24.6 Å². The van der Waals surface area contributed by atoms with Gasteiger partial charge in [0.1, 0.15) is 10.3 Å². The van der Waals surface area contributed by atoms with Crippen LogP contribution in [0.25, 0.3) is 0 Å². The van der Waals surface area contributed by atoms with E-state index < -0.39 is 9.84 Å². The molecule has 1 aromatic heterocycles. The molecular weight excluding hydrogens is 308 g/mol. The Bertz CT molecular complexity index is 530. The summed E-state index contributed by atoms with van der Waals surface area (Å²) in [5.74, 6) is -0.152. The fourth-order valence-corrected chi connectivity index (χ4v) is 3.15. The van der Waals surface area contributed by atoms with Gasteiger partial charge in [0, 0.05) is 13.1 Å². The van der Waals surface area contributed by atoms with E-state index in [9.17, 15) is 13.2 Å². The molecule has 0 spiro atoms. The van der Waals surface area contributed by atoms with Gasteiger partial charge in [0.05, 0.1) is 11.5 Å². The van der Waals surface area contributed by atoms with Crippen molar-refractivity contribution in [3.05, 3.63) is 28.5 Å². The number of hydrogen-bond acceptors (Lipinski definition) is 4. The van der Waals surface area contributed by atoms with E-state index in [1.165, 1.54) is 4.90 Å². The lowest BCUT2D eigenvalue weighted by Gasteiger charge is -2.26. The molecule has 0 unspecified atom stereocenters. The Balaban J connectivity index is 2.12. The molecule has 1 aromatic rings. The summed E-state index contributed by atoms with van der Waals surface area (Å²) in [5.41, 5.74) is 0.332. The van der Waals surface area contributed by atoms with E-state index in [0.717, 1.165) is 0 Å². The molecule has 92 valence electrons. The van der Waals surface area contributed by atoms with Gasteiger partial charge in [-0.15, -0.1) is 0 Å². The lowest BCUT2D eigenvalue weighted by molar-refractivity contribution is 0.0764. The maximum absolute atomic E-state index is 12.0. The molecule has 0 atom stereocenters. The smallest absolute Gasteiger partial charge is 0.272 e. The number of aromatic nitrogens is 1. The number of amides is 1. The SMILES string of the molecule is O=C(c1cccc(Br)n1)N1CCS(=O)(=O)CC1. The zero-order valence-corrected chi connectivity index (χ0v) is 11.4. The Morgan fingerprint density at radius 1 is 1.29 bits per heavy atom. The van der Waals surface area contributed by atoms with Crippen LogP contribution in [0.5, 0.6) is 0 Å². The molecule has 2 rings (SSSR count). The monoisotopic (exact) mass is 318 g/mol. The first-order valence-corrected chi connectivity index (χ1v) is 7.72. The van der Waals surface area contributed by atoms with Crippen molar-refractivity contribution in [1.29, 1.82) is 0 Å². The molecule has 1 aliphatic rings. The lowest BCUT2D eigenvalue weighted by atomic mass is 10.3. The molecule has 1 fully saturated rings. The van der Waals surface area contributed by atoms with Crippen LogP contribution in [0, 0.1) is 0 Å². The van der Waals surface area contributed by atoms with E-state index in [4.69, 9.17) is 0 Å². The predicted molar refractivity (Wildman–Crippen MR) is 66.5 cm³/mol. The maximum atomic E-state index is 12.0. The van der Waals surface area contributed by atoms with Gasteiger partial charge in [-0.05, 0) is 28.1 Å². The second kappa shape index (κ2) is 4.73. The Hall–Kier alpha value is -0.950. The number of nitrogens with zero attached hydrogens (tertiary/aromatic N) is 2. The van der Waals surface area contributed by atoms with Crippen LogP contribution in [0.15, 0.2) is 22.8 Å². The number of carbonyl (C=O) groups excluding carboxylic acids is 1. The van der Waals surface area contributed by atoms with Crippen molar-refractivity contribution in [2.45, 2.75) is 0 Å². The first kappa shape index (κ1) is 12.5. The second-order valence-electron chi connectivity index (χ2n) is 3.79. The third kappa shape index (κ3) is 3.04. The van der Waals surface area contributed by atoms with Crippen molar-refractivity contribution in [1.82, 2.24) is 9.88 Å². The fourth-order valence-electron chi connectivity index (χ4n) is 1.60. The molecule has 7 heteroatoms. The highest BCUT2D eigenvalue weighted by Gasteiger charge is 2.26.